The molecule has 0 bridgehead atoms. The van der Waals surface area contributed by atoms with Gasteiger partial charge in [-0.25, -0.2) is 8.42 Å². The summed E-state index contributed by atoms with van der Waals surface area (Å²) in [5.41, 5.74) is 0.304. The molecule has 0 amide bonds. The van der Waals surface area contributed by atoms with E-state index in [2.05, 4.69) is 26.1 Å². The quantitative estimate of drug-likeness (QED) is 0.813. The molecule has 0 aromatic heterocycles. The number of ether oxygens (including phenoxy) is 1. The van der Waals surface area contributed by atoms with Crippen molar-refractivity contribution in [2.24, 2.45) is 5.41 Å². The highest BCUT2D eigenvalue weighted by atomic mass is 32.2. The van der Waals surface area contributed by atoms with Gasteiger partial charge in [-0.05, 0) is 51.9 Å². The second kappa shape index (κ2) is 6.55. The van der Waals surface area contributed by atoms with Crippen LogP contribution in [0.4, 0.5) is 0 Å². The first-order valence-corrected chi connectivity index (χ1v) is 9.19. The van der Waals surface area contributed by atoms with Gasteiger partial charge in [-0.3, -0.25) is 0 Å². The maximum Gasteiger partial charge on any atom is 0.147 e. The molecule has 1 aliphatic rings. The van der Waals surface area contributed by atoms with Crippen molar-refractivity contribution in [2.45, 2.75) is 52.0 Å². The Labute approximate surface area is 118 Å². The van der Waals surface area contributed by atoms with Gasteiger partial charge < -0.3 is 10.1 Å². The smallest absolute Gasteiger partial charge is 0.147 e. The van der Waals surface area contributed by atoms with Crippen LogP contribution in [0.2, 0.25) is 0 Å². The van der Waals surface area contributed by atoms with Crippen LogP contribution < -0.4 is 5.32 Å². The first-order chi connectivity index (χ1) is 8.62. The number of hydrogen-bond acceptors (Lipinski definition) is 4. The maximum atomic E-state index is 11.3. The van der Waals surface area contributed by atoms with E-state index in [1.54, 1.807) is 0 Å². The van der Waals surface area contributed by atoms with E-state index in [1.807, 2.05) is 0 Å². The van der Waals surface area contributed by atoms with E-state index in [9.17, 15) is 8.42 Å². The lowest BCUT2D eigenvalue weighted by Gasteiger charge is -2.39. The van der Waals surface area contributed by atoms with Crippen molar-refractivity contribution in [3.63, 3.8) is 0 Å². The summed E-state index contributed by atoms with van der Waals surface area (Å²) in [5, 5.41) is 3.58. The van der Waals surface area contributed by atoms with E-state index >= 15 is 0 Å². The molecule has 0 aromatic rings. The number of sulfone groups is 1. The Hall–Kier alpha value is -0.130. The molecule has 0 atom stereocenters. The zero-order valence-electron chi connectivity index (χ0n) is 12.8. The van der Waals surface area contributed by atoms with Crippen molar-refractivity contribution in [3.05, 3.63) is 0 Å². The Morgan fingerprint density at radius 2 is 1.79 bits per heavy atom. The van der Waals surface area contributed by atoms with Gasteiger partial charge in [-0.2, -0.15) is 0 Å². The van der Waals surface area contributed by atoms with Crippen molar-refractivity contribution in [1.82, 2.24) is 5.32 Å². The van der Waals surface area contributed by atoms with E-state index in [0.29, 0.717) is 5.75 Å². The summed E-state index contributed by atoms with van der Waals surface area (Å²) >= 11 is 0. The lowest BCUT2D eigenvalue weighted by molar-refractivity contribution is 0.00735. The Morgan fingerprint density at radius 3 is 2.26 bits per heavy atom. The molecule has 0 spiro atoms. The third-order valence-corrected chi connectivity index (χ3v) is 4.80. The summed E-state index contributed by atoms with van der Waals surface area (Å²) in [6, 6.07) is 0. The van der Waals surface area contributed by atoms with E-state index in [1.165, 1.54) is 6.26 Å². The average molecular weight is 291 g/mol. The zero-order chi connectivity index (χ0) is 14.6. The third kappa shape index (κ3) is 7.28. The van der Waals surface area contributed by atoms with Crippen molar-refractivity contribution in [2.75, 3.05) is 31.8 Å². The highest BCUT2D eigenvalue weighted by Crippen LogP contribution is 2.35. The minimum atomic E-state index is -2.85. The molecule has 1 heterocycles. The molecule has 1 N–H and O–H groups in total. The summed E-state index contributed by atoms with van der Waals surface area (Å²) in [6.45, 7) is 9.03. The van der Waals surface area contributed by atoms with Crippen LogP contribution in [0.3, 0.4) is 0 Å². The number of nitrogens with one attached hydrogen (secondary N) is 1. The van der Waals surface area contributed by atoms with Crippen LogP contribution in [0.5, 0.6) is 0 Å². The molecular weight excluding hydrogens is 262 g/mol. The second-order valence-electron chi connectivity index (χ2n) is 6.95. The van der Waals surface area contributed by atoms with Crippen molar-refractivity contribution in [1.29, 1.82) is 0 Å². The molecule has 0 aromatic carbocycles. The van der Waals surface area contributed by atoms with Crippen molar-refractivity contribution in [3.8, 4) is 0 Å². The van der Waals surface area contributed by atoms with Crippen LogP contribution >= 0.6 is 0 Å². The molecular formula is C14H29NO3S. The molecule has 19 heavy (non-hydrogen) atoms. The predicted octanol–water partition coefficient (Wildman–Crippen LogP) is 2.00. The zero-order valence-corrected chi connectivity index (χ0v) is 13.6. The Balaban J connectivity index is 2.54. The first kappa shape index (κ1) is 16.9. The highest BCUT2D eigenvalue weighted by molar-refractivity contribution is 7.90. The van der Waals surface area contributed by atoms with Gasteiger partial charge in [0.2, 0.25) is 0 Å². The van der Waals surface area contributed by atoms with Gasteiger partial charge in [0, 0.05) is 37.3 Å². The van der Waals surface area contributed by atoms with Crippen LogP contribution in [0.25, 0.3) is 0 Å². The maximum absolute atomic E-state index is 11.3. The largest absolute Gasteiger partial charge is 0.381 e. The fourth-order valence-corrected chi connectivity index (χ4v) is 3.15. The van der Waals surface area contributed by atoms with Crippen molar-refractivity contribution < 1.29 is 13.2 Å². The predicted molar refractivity (Wildman–Crippen MR) is 79.2 cm³/mol. The van der Waals surface area contributed by atoms with E-state index in [0.717, 1.165) is 45.4 Å². The Bertz CT molecular complexity index is 365. The molecule has 4 nitrogen and oxygen atoms in total. The first-order valence-electron chi connectivity index (χ1n) is 7.13. The van der Waals surface area contributed by atoms with Gasteiger partial charge in [0.1, 0.15) is 9.84 Å². The molecule has 1 aliphatic heterocycles. The lowest BCUT2D eigenvalue weighted by Crippen LogP contribution is -2.46. The number of rotatable bonds is 6. The summed E-state index contributed by atoms with van der Waals surface area (Å²) in [7, 11) is -2.85. The van der Waals surface area contributed by atoms with E-state index < -0.39 is 9.84 Å². The fourth-order valence-electron chi connectivity index (χ4n) is 2.48. The topological polar surface area (TPSA) is 55.4 Å². The second-order valence-corrected chi connectivity index (χ2v) is 9.21. The van der Waals surface area contributed by atoms with Crippen LogP contribution in [0, 0.1) is 5.41 Å². The van der Waals surface area contributed by atoms with Crippen LogP contribution in [0.15, 0.2) is 0 Å². The monoisotopic (exact) mass is 291 g/mol. The molecule has 114 valence electrons. The molecule has 1 rings (SSSR count). The van der Waals surface area contributed by atoms with Gasteiger partial charge in [0.15, 0.2) is 0 Å². The molecule has 0 radical (unpaired) electrons. The minimum absolute atomic E-state index is 0.0993. The molecule has 5 heteroatoms. The standard InChI is InChI=1S/C14H29NO3S/c1-13(2,3)15-12-14(7-9-18-10-8-14)6-5-11-19(4,16)17/h15H,5-12H2,1-4H3. The Morgan fingerprint density at radius 1 is 1.21 bits per heavy atom. The molecule has 0 unspecified atom stereocenters. The summed E-state index contributed by atoms with van der Waals surface area (Å²) in [5.74, 6) is 0.297. The van der Waals surface area contributed by atoms with Gasteiger partial charge in [-0.15, -0.1) is 0 Å². The van der Waals surface area contributed by atoms with Crippen LogP contribution in [-0.2, 0) is 14.6 Å². The van der Waals surface area contributed by atoms with Gasteiger partial charge >= 0.3 is 0 Å². The minimum Gasteiger partial charge on any atom is -0.381 e. The lowest BCUT2D eigenvalue weighted by atomic mass is 9.76. The van der Waals surface area contributed by atoms with Crippen LogP contribution in [-0.4, -0.2) is 45.7 Å². The normalized spacial score (nSPS) is 20.4. The molecule has 1 saturated heterocycles. The highest BCUT2D eigenvalue weighted by Gasteiger charge is 2.33. The van der Waals surface area contributed by atoms with E-state index in [4.69, 9.17) is 4.74 Å². The summed E-state index contributed by atoms with van der Waals surface area (Å²) < 4.78 is 28.0. The van der Waals surface area contributed by atoms with Gasteiger partial charge in [0.25, 0.3) is 0 Å². The van der Waals surface area contributed by atoms with E-state index in [-0.39, 0.29) is 11.0 Å². The van der Waals surface area contributed by atoms with Crippen molar-refractivity contribution >= 4 is 9.84 Å². The molecule has 0 aliphatic carbocycles. The SMILES string of the molecule is CC(C)(C)NCC1(CCCS(C)(=O)=O)CCOCC1. The molecule has 1 fully saturated rings. The van der Waals surface area contributed by atoms with Gasteiger partial charge in [-0.1, -0.05) is 0 Å². The molecule has 0 saturated carbocycles. The third-order valence-electron chi connectivity index (χ3n) is 3.77. The fraction of sp³-hybridized carbons (Fsp3) is 1.00. The number of hydrogen-bond donors (Lipinski definition) is 1. The Kier molecular flexibility index (Phi) is 5.83. The summed E-state index contributed by atoms with van der Waals surface area (Å²) in [6.07, 6.45) is 5.09. The van der Waals surface area contributed by atoms with Gasteiger partial charge in [0.05, 0.1) is 0 Å². The average Bonchev–Trinajstić information content (AvgIpc) is 2.25. The van der Waals surface area contributed by atoms with Crippen LogP contribution in [0.1, 0.15) is 46.5 Å². The summed E-state index contributed by atoms with van der Waals surface area (Å²) in [4.78, 5) is 0.